The predicted molar refractivity (Wildman–Crippen MR) is 119 cm³/mol. The van der Waals surface area contributed by atoms with Crippen LogP contribution in [0.25, 0.3) is 5.57 Å². The summed E-state index contributed by atoms with van der Waals surface area (Å²) in [5.74, 6) is 1.08. The highest BCUT2D eigenvalue weighted by Gasteiger charge is 2.48. The first-order valence-electron chi connectivity index (χ1n) is 11.4. The van der Waals surface area contributed by atoms with E-state index < -0.39 is 6.17 Å². The molecule has 7 heteroatoms. The number of imidazole rings is 1. The molecule has 1 aromatic heterocycles. The number of hydrogen-bond acceptors (Lipinski definition) is 5. The summed E-state index contributed by atoms with van der Waals surface area (Å²) in [7, 11) is 0. The minimum atomic E-state index is -0.997. The highest BCUT2D eigenvalue weighted by molar-refractivity contribution is 5.64. The number of benzene rings is 1. The van der Waals surface area contributed by atoms with Crippen LogP contribution in [0, 0.1) is 12.8 Å². The molecule has 2 aliphatic heterocycles. The summed E-state index contributed by atoms with van der Waals surface area (Å²) in [4.78, 5) is 8.18. The standard InChI is InChI=1S/C24H32FN5O/c1-12-8-16(31)4-5-17(12)18-6-7-19-22(21(18)25)29-30-23(19)24-26-11-20(28-24)15-9-13(2)27-14(3)10-15/h4-5,8-9,11,13-14,18-19,21-23,27,29-31H,6-7,10H2,1-3H3,(H,26,28)/t13-,14+,18?,19?,21?,22?,23?/m1/s1. The van der Waals surface area contributed by atoms with E-state index in [1.807, 2.05) is 19.2 Å². The Morgan fingerprint density at radius 3 is 2.77 bits per heavy atom. The normalized spacial score (nSPS) is 35.6. The van der Waals surface area contributed by atoms with Gasteiger partial charge in [0.25, 0.3) is 0 Å². The van der Waals surface area contributed by atoms with Gasteiger partial charge in [0.15, 0.2) is 0 Å². The van der Waals surface area contributed by atoms with Gasteiger partial charge in [-0.15, -0.1) is 0 Å². The quantitative estimate of drug-likeness (QED) is 0.519. The Bertz CT molecular complexity index is 988. The van der Waals surface area contributed by atoms with Crippen LogP contribution < -0.4 is 16.2 Å². The molecule has 1 aromatic carbocycles. The van der Waals surface area contributed by atoms with E-state index >= 15 is 4.39 Å². The summed E-state index contributed by atoms with van der Waals surface area (Å²) in [6.45, 7) is 6.30. The number of aromatic amines is 1. The molecule has 0 bridgehead atoms. The number of nitrogens with zero attached hydrogens (tertiary/aromatic N) is 1. The lowest BCUT2D eigenvalue weighted by Crippen LogP contribution is -2.45. The molecule has 6 nitrogen and oxygen atoms in total. The number of aromatic nitrogens is 2. The van der Waals surface area contributed by atoms with Crippen molar-refractivity contribution in [3.63, 3.8) is 0 Å². The minimum Gasteiger partial charge on any atom is -0.508 e. The van der Waals surface area contributed by atoms with Gasteiger partial charge in [0, 0.05) is 23.9 Å². The molecular formula is C24H32FN5O. The second-order valence-corrected chi connectivity index (χ2v) is 9.56. The molecule has 2 fully saturated rings. The molecule has 0 spiro atoms. The van der Waals surface area contributed by atoms with Gasteiger partial charge in [-0.3, -0.25) is 5.43 Å². The minimum absolute atomic E-state index is 0.0315. The first kappa shape index (κ1) is 20.7. The summed E-state index contributed by atoms with van der Waals surface area (Å²) < 4.78 is 15.6. The van der Waals surface area contributed by atoms with Crippen molar-refractivity contribution >= 4 is 5.57 Å². The second kappa shape index (κ2) is 8.04. The van der Waals surface area contributed by atoms with Crippen LogP contribution in [0.5, 0.6) is 5.75 Å². The third-order valence-electron chi connectivity index (χ3n) is 7.25. The van der Waals surface area contributed by atoms with Crippen LogP contribution in [-0.2, 0) is 0 Å². The zero-order valence-electron chi connectivity index (χ0n) is 18.3. The fraction of sp³-hybridized carbons (Fsp3) is 0.542. The lowest BCUT2D eigenvalue weighted by molar-refractivity contribution is 0.135. The van der Waals surface area contributed by atoms with Crippen LogP contribution in [0.15, 0.2) is 30.5 Å². The van der Waals surface area contributed by atoms with Crippen molar-refractivity contribution in [1.29, 1.82) is 0 Å². The molecule has 31 heavy (non-hydrogen) atoms. The fourth-order valence-corrected chi connectivity index (χ4v) is 5.84. The number of phenols is 1. The Labute approximate surface area is 182 Å². The zero-order valence-corrected chi connectivity index (χ0v) is 18.3. The summed E-state index contributed by atoms with van der Waals surface area (Å²) >= 11 is 0. The molecule has 166 valence electrons. The molecule has 3 aliphatic rings. The third kappa shape index (κ3) is 3.79. The van der Waals surface area contributed by atoms with E-state index in [9.17, 15) is 5.11 Å². The molecular weight excluding hydrogens is 393 g/mol. The molecule has 0 radical (unpaired) electrons. The van der Waals surface area contributed by atoms with E-state index in [2.05, 4.69) is 46.1 Å². The summed E-state index contributed by atoms with van der Waals surface area (Å²) in [5, 5.41) is 13.2. The molecule has 0 amide bonds. The highest BCUT2D eigenvalue weighted by atomic mass is 19.1. The molecule has 1 saturated heterocycles. The van der Waals surface area contributed by atoms with Crippen molar-refractivity contribution in [2.75, 3.05) is 0 Å². The Morgan fingerprint density at radius 2 is 2.00 bits per heavy atom. The topological polar surface area (TPSA) is 85.0 Å². The summed E-state index contributed by atoms with van der Waals surface area (Å²) in [6.07, 6.45) is 5.84. The van der Waals surface area contributed by atoms with Gasteiger partial charge in [-0.2, -0.15) is 0 Å². The number of H-pyrrole nitrogens is 1. The number of aryl methyl sites for hydroxylation is 1. The number of hydrogen-bond donors (Lipinski definition) is 5. The monoisotopic (exact) mass is 425 g/mol. The highest BCUT2D eigenvalue weighted by Crippen LogP contribution is 2.45. The van der Waals surface area contributed by atoms with Gasteiger partial charge in [0.05, 0.1) is 24.0 Å². The average molecular weight is 426 g/mol. The lowest BCUT2D eigenvalue weighted by atomic mass is 9.72. The SMILES string of the molecule is Cc1cc(O)ccc1C1CCC2C(c3ncc(C4=C[C@@H](C)N[C@@H](C)C4)[nH]3)NNC2C1F. The van der Waals surface area contributed by atoms with Gasteiger partial charge in [-0.25, -0.2) is 14.8 Å². The number of rotatable bonds is 3. The van der Waals surface area contributed by atoms with Gasteiger partial charge < -0.3 is 15.4 Å². The Hall–Kier alpha value is -2.22. The Morgan fingerprint density at radius 1 is 1.16 bits per heavy atom. The molecule has 1 saturated carbocycles. The average Bonchev–Trinajstić information content (AvgIpc) is 3.35. The van der Waals surface area contributed by atoms with Gasteiger partial charge >= 0.3 is 0 Å². The molecule has 3 heterocycles. The molecule has 5 rings (SSSR count). The Kier molecular flexibility index (Phi) is 5.36. The van der Waals surface area contributed by atoms with Crippen LogP contribution >= 0.6 is 0 Å². The van der Waals surface area contributed by atoms with Crippen molar-refractivity contribution in [2.24, 2.45) is 5.92 Å². The Balaban J connectivity index is 1.33. The maximum atomic E-state index is 15.6. The van der Waals surface area contributed by atoms with E-state index in [1.54, 1.807) is 12.1 Å². The van der Waals surface area contributed by atoms with Crippen molar-refractivity contribution in [3.05, 3.63) is 53.1 Å². The van der Waals surface area contributed by atoms with E-state index in [-0.39, 0.29) is 29.7 Å². The van der Waals surface area contributed by atoms with Gasteiger partial charge in [0.1, 0.15) is 17.7 Å². The number of fused-ring (bicyclic) bond motifs is 1. The number of halogens is 1. The van der Waals surface area contributed by atoms with E-state index in [4.69, 9.17) is 0 Å². The van der Waals surface area contributed by atoms with Crippen LogP contribution in [0.4, 0.5) is 4.39 Å². The number of phenolic OH excluding ortho intramolecular Hbond substituents is 1. The fourth-order valence-electron chi connectivity index (χ4n) is 5.84. The zero-order chi connectivity index (χ0) is 21.7. The number of hydrazine groups is 1. The van der Waals surface area contributed by atoms with Crippen molar-refractivity contribution in [2.45, 2.75) is 76.3 Å². The first-order chi connectivity index (χ1) is 14.9. The summed E-state index contributed by atoms with van der Waals surface area (Å²) in [6, 6.07) is 5.73. The second-order valence-electron chi connectivity index (χ2n) is 9.56. The van der Waals surface area contributed by atoms with Crippen molar-refractivity contribution in [1.82, 2.24) is 26.1 Å². The lowest BCUT2D eigenvalue weighted by Gasteiger charge is -2.36. The smallest absolute Gasteiger partial charge is 0.125 e. The first-order valence-corrected chi connectivity index (χ1v) is 11.4. The number of alkyl halides is 1. The summed E-state index contributed by atoms with van der Waals surface area (Å²) in [5.41, 5.74) is 10.8. The van der Waals surface area contributed by atoms with Crippen LogP contribution in [0.3, 0.4) is 0 Å². The number of nitrogens with one attached hydrogen (secondary N) is 4. The molecule has 2 aromatic rings. The van der Waals surface area contributed by atoms with Crippen LogP contribution in [0.2, 0.25) is 0 Å². The molecule has 5 N–H and O–H groups in total. The van der Waals surface area contributed by atoms with Gasteiger partial charge in [-0.05, 0) is 68.9 Å². The molecule has 7 atom stereocenters. The van der Waals surface area contributed by atoms with Crippen LogP contribution in [-0.4, -0.2) is 39.4 Å². The van der Waals surface area contributed by atoms with Crippen molar-refractivity contribution in [3.8, 4) is 5.75 Å². The van der Waals surface area contributed by atoms with Crippen molar-refractivity contribution < 1.29 is 9.50 Å². The van der Waals surface area contributed by atoms with Crippen LogP contribution in [0.1, 0.15) is 67.7 Å². The molecule has 1 aliphatic carbocycles. The maximum absolute atomic E-state index is 15.6. The third-order valence-corrected chi connectivity index (χ3v) is 7.25. The van der Waals surface area contributed by atoms with Gasteiger partial charge in [0.2, 0.25) is 0 Å². The molecule has 5 unspecified atom stereocenters. The van der Waals surface area contributed by atoms with Gasteiger partial charge in [-0.1, -0.05) is 12.1 Å². The predicted octanol–water partition coefficient (Wildman–Crippen LogP) is 3.63. The maximum Gasteiger partial charge on any atom is 0.125 e. The van der Waals surface area contributed by atoms with E-state index in [0.29, 0.717) is 12.1 Å². The van der Waals surface area contributed by atoms with E-state index in [0.717, 1.165) is 41.9 Å². The largest absolute Gasteiger partial charge is 0.508 e. The van der Waals surface area contributed by atoms with E-state index in [1.165, 1.54) is 5.57 Å². The number of aromatic hydroxyl groups is 1.